The summed E-state index contributed by atoms with van der Waals surface area (Å²) in [6.07, 6.45) is 0. The van der Waals surface area contributed by atoms with Gasteiger partial charge >= 0.3 is 0 Å². The largest absolute Gasteiger partial charge is 0.375 e. The van der Waals surface area contributed by atoms with Gasteiger partial charge in [0.2, 0.25) is 10.0 Å². The van der Waals surface area contributed by atoms with E-state index in [0.717, 1.165) is 10.7 Å². The first kappa shape index (κ1) is 15.0. The van der Waals surface area contributed by atoms with Crippen molar-refractivity contribution in [2.45, 2.75) is 24.8 Å². The molecule has 20 heavy (non-hydrogen) atoms. The van der Waals surface area contributed by atoms with Crippen LogP contribution in [0.2, 0.25) is 0 Å². The molecule has 7 heteroatoms. The Balaban J connectivity index is 2.30. The van der Waals surface area contributed by atoms with Crippen molar-refractivity contribution in [3.63, 3.8) is 0 Å². The third-order valence-corrected chi connectivity index (χ3v) is 5.44. The molecular weight excluding hydrogens is 294 g/mol. The van der Waals surface area contributed by atoms with Gasteiger partial charge in [-0.2, -0.15) is 0 Å². The molecule has 0 aliphatic heterocycles. The predicted octanol–water partition coefficient (Wildman–Crippen LogP) is 2.53. The number of rotatable bonds is 5. The van der Waals surface area contributed by atoms with Gasteiger partial charge in [-0.05, 0) is 33.0 Å². The Morgan fingerprint density at radius 1 is 1.30 bits per heavy atom. The Kier molecular flexibility index (Phi) is 4.42. The van der Waals surface area contributed by atoms with Crippen LogP contribution in [0.15, 0.2) is 34.5 Å². The fourth-order valence-corrected chi connectivity index (χ4v) is 3.49. The number of nitrogens with one attached hydrogen (secondary N) is 2. The molecule has 0 radical (unpaired) electrons. The minimum atomic E-state index is -3.48. The fourth-order valence-electron chi connectivity index (χ4n) is 1.80. The minimum absolute atomic E-state index is 0.0538. The van der Waals surface area contributed by atoms with E-state index in [1.54, 1.807) is 35.6 Å². The number of benzene rings is 1. The van der Waals surface area contributed by atoms with Gasteiger partial charge in [-0.25, -0.2) is 18.1 Å². The zero-order valence-corrected chi connectivity index (χ0v) is 13.2. The molecule has 0 spiro atoms. The Hall–Kier alpha value is -1.44. The van der Waals surface area contributed by atoms with E-state index in [9.17, 15) is 8.42 Å². The van der Waals surface area contributed by atoms with Crippen LogP contribution >= 0.6 is 11.3 Å². The second-order valence-corrected chi connectivity index (χ2v) is 7.14. The van der Waals surface area contributed by atoms with E-state index < -0.39 is 10.0 Å². The Morgan fingerprint density at radius 2 is 2.00 bits per heavy atom. The van der Waals surface area contributed by atoms with Crippen LogP contribution in [0.25, 0.3) is 0 Å². The number of aromatic nitrogens is 1. The molecule has 0 aliphatic carbocycles. The van der Waals surface area contributed by atoms with Gasteiger partial charge in [-0.1, -0.05) is 12.1 Å². The SMILES string of the molecule is CNS(=O)(=O)c1ccccc1NC(C)c1nc(C)cs1. The molecule has 0 saturated carbocycles. The van der Waals surface area contributed by atoms with E-state index in [4.69, 9.17) is 0 Å². The summed E-state index contributed by atoms with van der Waals surface area (Å²) >= 11 is 1.56. The van der Waals surface area contributed by atoms with Crippen molar-refractivity contribution in [1.29, 1.82) is 0 Å². The lowest BCUT2D eigenvalue weighted by molar-refractivity contribution is 0.588. The standard InChI is InChI=1S/C13H17N3O2S2/c1-9-8-19-13(15-9)10(2)16-11-6-4-5-7-12(11)20(17,18)14-3/h4-8,10,14,16H,1-3H3. The van der Waals surface area contributed by atoms with Crippen LogP contribution < -0.4 is 10.0 Å². The summed E-state index contributed by atoms with van der Waals surface area (Å²) < 4.78 is 26.3. The first-order valence-corrected chi connectivity index (χ1v) is 8.51. The summed E-state index contributed by atoms with van der Waals surface area (Å²) in [6, 6.07) is 6.78. The Labute approximate surface area is 123 Å². The maximum absolute atomic E-state index is 12.0. The number of hydrogen-bond donors (Lipinski definition) is 2. The van der Waals surface area contributed by atoms with Gasteiger partial charge in [0.05, 0.1) is 11.7 Å². The van der Waals surface area contributed by atoms with Crippen molar-refractivity contribution in [2.24, 2.45) is 0 Å². The monoisotopic (exact) mass is 311 g/mol. The van der Waals surface area contributed by atoms with E-state index in [2.05, 4.69) is 15.0 Å². The third kappa shape index (κ3) is 3.17. The number of nitrogens with zero attached hydrogens (tertiary/aromatic N) is 1. The summed E-state index contributed by atoms with van der Waals surface area (Å²) in [6.45, 7) is 3.90. The van der Waals surface area contributed by atoms with Crippen LogP contribution in [0.5, 0.6) is 0 Å². The van der Waals surface area contributed by atoms with Gasteiger partial charge in [0.25, 0.3) is 0 Å². The average molecular weight is 311 g/mol. The highest BCUT2D eigenvalue weighted by Crippen LogP contribution is 2.26. The van der Waals surface area contributed by atoms with E-state index in [0.29, 0.717) is 5.69 Å². The number of sulfonamides is 1. The highest BCUT2D eigenvalue weighted by atomic mass is 32.2. The molecule has 0 bridgehead atoms. The molecule has 2 N–H and O–H groups in total. The van der Waals surface area contributed by atoms with Gasteiger partial charge in [0.1, 0.15) is 9.90 Å². The van der Waals surface area contributed by atoms with Crippen molar-refractivity contribution < 1.29 is 8.42 Å². The molecule has 0 amide bonds. The van der Waals surface area contributed by atoms with Crippen molar-refractivity contribution in [2.75, 3.05) is 12.4 Å². The third-order valence-electron chi connectivity index (χ3n) is 2.82. The second kappa shape index (κ2) is 5.90. The van der Waals surface area contributed by atoms with Gasteiger partial charge < -0.3 is 5.32 Å². The molecule has 2 aromatic rings. The maximum Gasteiger partial charge on any atom is 0.242 e. The van der Waals surface area contributed by atoms with Gasteiger partial charge in [0.15, 0.2) is 0 Å². The summed E-state index contributed by atoms with van der Waals surface area (Å²) in [5.74, 6) is 0. The van der Waals surface area contributed by atoms with Crippen LogP contribution in [0.1, 0.15) is 23.7 Å². The molecule has 0 saturated heterocycles. The Morgan fingerprint density at radius 3 is 2.60 bits per heavy atom. The topological polar surface area (TPSA) is 71.1 Å². The van der Waals surface area contributed by atoms with Gasteiger partial charge in [-0.3, -0.25) is 0 Å². The Bertz CT molecular complexity index is 695. The number of hydrogen-bond acceptors (Lipinski definition) is 5. The molecule has 0 aliphatic rings. The van der Waals surface area contributed by atoms with Crippen LogP contribution in [0.3, 0.4) is 0 Å². The van der Waals surface area contributed by atoms with Crippen LogP contribution in [-0.2, 0) is 10.0 Å². The summed E-state index contributed by atoms with van der Waals surface area (Å²) in [5.41, 5.74) is 1.54. The highest BCUT2D eigenvalue weighted by Gasteiger charge is 2.18. The molecule has 1 heterocycles. The second-order valence-electron chi connectivity index (χ2n) is 4.40. The number of anilines is 1. The fraction of sp³-hybridized carbons (Fsp3) is 0.308. The number of para-hydroxylation sites is 1. The zero-order chi connectivity index (χ0) is 14.8. The molecule has 1 aromatic carbocycles. The van der Waals surface area contributed by atoms with E-state index >= 15 is 0 Å². The lowest BCUT2D eigenvalue weighted by atomic mass is 10.2. The quantitative estimate of drug-likeness (QED) is 0.890. The lowest BCUT2D eigenvalue weighted by Crippen LogP contribution is -2.20. The summed E-state index contributed by atoms with van der Waals surface area (Å²) in [5, 5.41) is 6.12. The molecule has 1 aromatic heterocycles. The van der Waals surface area contributed by atoms with Crippen molar-refractivity contribution in [1.82, 2.24) is 9.71 Å². The molecule has 108 valence electrons. The molecule has 5 nitrogen and oxygen atoms in total. The minimum Gasteiger partial charge on any atom is -0.375 e. The smallest absolute Gasteiger partial charge is 0.242 e. The van der Waals surface area contributed by atoms with Crippen LogP contribution in [0, 0.1) is 6.92 Å². The predicted molar refractivity (Wildman–Crippen MR) is 81.6 cm³/mol. The van der Waals surface area contributed by atoms with Crippen molar-refractivity contribution in [3.05, 3.63) is 40.3 Å². The van der Waals surface area contributed by atoms with Crippen molar-refractivity contribution >= 4 is 27.0 Å². The number of aryl methyl sites for hydroxylation is 1. The van der Waals surface area contributed by atoms with Crippen LogP contribution in [-0.4, -0.2) is 20.4 Å². The highest BCUT2D eigenvalue weighted by molar-refractivity contribution is 7.89. The van der Waals surface area contributed by atoms with Gasteiger partial charge in [0, 0.05) is 11.1 Å². The summed E-state index contributed by atoms with van der Waals surface area (Å²) in [7, 11) is -2.08. The molecular formula is C13H17N3O2S2. The normalized spacial score (nSPS) is 13.2. The molecule has 1 atom stereocenters. The van der Waals surface area contributed by atoms with Crippen molar-refractivity contribution in [3.8, 4) is 0 Å². The average Bonchev–Trinajstić information content (AvgIpc) is 2.86. The summed E-state index contributed by atoms with van der Waals surface area (Å²) in [4.78, 5) is 4.65. The van der Waals surface area contributed by atoms with Gasteiger partial charge in [-0.15, -0.1) is 11.3 Å². The van der Waals surface area contributed by atoms with E-state index in [1.165, 1.54) is 7.05 Å². The molecule has 2 rings (SSSR count). The first-order chi connectivity index (χ1) is 9.44. The lowest BCUT2D eigenvalue weighted by Gasteiger charge is -2.16. The first-order valence-electron chi connectivity index (χ1n) is 6.15. The number of thiazole rings is 1. The van der Waals surface area contributed by atoms with E-state index in [-0.39, 0.29) is 10.9 Å². The van der Waals surface area contributed by atoms with Crippen LogP contribution in [0.4, 0.5) is 5.69 Å². The maximum atomic E-state index is 12.0. The van der Waals surface area contributed by atoms with E-state index in [1.807, 2.05) is 19.2 Å². The zero-order valence-electron chi connectivity index (χ0n) is 11.5. The molecule has 0 fully saturated rings. The molecule has 1 unspecified atom stereocenters.